The third-order valence-electron chi connectivity index (χ3n) is 5.02. The molecule has 3 nitrogen and oxygen atoms in total. The van der Waals surface area contributed by atoms with Gasteiger partial charge in [0.1, 0.15) is 17.1 Å². The molecule has 140 valence electrons. The molecule has 5 aromatic rings. The van der Waals surface area contributed by atoms with Crippen LogP contribution in [0.3, 0.4) is 0 Å². The van der Waals surface area contributed by atoms with Gasteiger partial charge in [-0.1, -0.05) is 72.8 Å². The van der Waals surface area contributed by atoms with Crippen molar-refractivity contribution in [3.63, 3.8) is 0 Å². The van der Waals surface area contributed by atoms with Crippen molar-refractivity contribution >= 4 is 27.7 Å². The van der Waals surface area contributed by atoms with Crippen LogP contribution in [0.1, 0.15) is 6.92 Å². The molecule has 3 heteroatoms. The molecular formula is C26H18O3. The van der Waals surface area contributed by atoms with E-state index < -0.39 is 0 Å². The summed E-state index contributed by atoms with van der Waals surface area (Å²) in [7, 11) is 0. The standard InChI is InChI=1S/C26H18O3/c1-17(27)28-21-14-11-19(12-15-21)24-25-22-10-6-5-7-18(22)13-16-23(25)29-26(24)20-8-3-2-4-9-20/h2-16H,1H3. The molecule has 0 aliphatic carbocycles. The Bertz CT molecular complexity index is 1330. The number of furan rings is 1. The van der Waals surface area contributed by atoms with Crippen LogP contribution in [0.15, 0.2) is 95.4 Å². The Morgan fingerprint density at radius 2 is 1.48 bits per heavy atom. The van der Waals surface area contributed by atoms with E-state index in [1.165, 1.54) is 6.92 Å². The summed E-state index contributed by atoms with van der Waals surface area (Å²) in [6.07, 6.45) is 0. The molecule has 29 heavy (non-hydrogen) atoms. The average Bonchev–Trinajstić information content (AvgIpc) is 3.15. The van der Waals surface area contributed by atoms with Gasteiger partial charge in [-0.05, 0) is 34.5 Å². The summed E-state index contributed by atoms with van der Waals surface area (Å²) in [6, 6.07) is 30.1. The summed E-state index contributed by atoms with van der Waals surface area (Å²) in [6.45, 7) is 1.40. The zero-order valence-corrected chi connectivity index (χ0v) is 15.9. The molecular weight excluding hydrogens is 360 g/mol. The minimum absolute atomic E-state index is 0.331. The van der Waals surface area contributed by atoms with Crippen LogP contribution in [0.4, 0.5) is 0 Å². The molecule has 0 saturated heterocycles. The number of rotatable bonds is 3. The van der Waals surface area contributed by atoms with Crippen LogP contribution < -0.4 is 4.74 Å². The highest BCUT2D eigenvalue weighted by Gasteiger charge is 2.19. The largest absolute Gasteiger partial charge is 0.455 e. The number of hydrogen-bond donors (Lipinski definition) is 0. The predicted octanol–water partition coefficient (Wildman–Crippen LogP) is 6.85. The van der Waals surface area contributed by atoms with Crippen LogP contribution >= 0.6 is 0 Å². The SMILES string of the molecule is CC(=O)Oc1ccc(-c2c(-c3ccccc3)oc3ccc4ccccc4c23)cc1. The quantitative estimate of drug-likeness (QED) is 0.255. The number of hydrogen-bond acceptors (Lipinski definition) is 3. The van der Waals surface area contributed by atoms with E-state index in [4.69, 9.17) is 9.15 Å². The summed E-state index contributed by atoms with van der Waals surface area (Å²) in [5, 5.41) is 3.40. The van der Waals surface area contributed by atoms with Gasteiger partial charge in [-0.3, -0.25) is 4.79 Å². The second-order valence-corrected chi connectivity index (χ2v) is 6.95. The molecule has 0 radical (unpaired) electrons. The van der Waals surface area contributed by atoms with Crippen LogP contribution in [-0.2, 0) is 4.79 Å². The van der Waals surface area contributed by atoms with Crippen molar-refractivity contribution in [2.45, 2.75) is 6.92 Å². The van der Waals surface area contributed by atoms with Crippen LogP contribution in [0, 0.1) is 0 Å². The Morgan fingerprint density at radius 1 is 0.759 bits per heavy atom. The van der Waals surface area contributed by atoms with Crippen LogP contribution in [0.5, 0.6) is 5.75 Å². The van der Waals surface area contributed by atoms with Gasteiger partial charge in [0.05, 0.1) is 0 Å². The van der Waals surface area contributed by atoms with Gasteiger partial charge in [0.25, 0.3) is 0 Å². The van der Waals surface area contributed by atoms with Crippen molar-refractivity contribution in [1.29, 1.82) is 0 Å². The van der Waals surface area contributed by atoms with E-state index in [2.05, 4.69) is 30.3 Å². The lowest BCUT2D eigenvalue weighted by Gasteiger charge is -2.07. The molecule has 0 amide bonds. The number of carbonyl (C=O) groups excluding carboxylic acids is 1. The van der Waals surface area contributed by atoms with E-state index in [0.717, 1.165) is 44.2 Å². The predicted molar refractivity (Wildman–Crippen MR) is 116 cm³/mol. The highest BCUT2D eigenvalue weighted by atomic mass is 16.5. The zero-order valence-electron chi connectivity index (χ0n) is 15.9. The lowest BCUT2D eigenvalue weighted by molar-refractivity contribution is -0.131. The van der Waals surface area contributed by atoms with Crippen molar-refractivity contribution in [2.75, 3.05) is 0 Å². The van der Waals surface area contributed by atoms with Gasteiger partial charge in [-0.2, -0.15) is 0 Å². The summed E-state index contributed by atoms with van der Waals surface area (Å²) in [4.78, 5) is 11.2. The molecule has 1 heterocycles. The van der Waals surface area contributed by atoms with Crippen LogP contribution in [0.2, 0.25) is 0 Å². The first kappa shape index (κ1) is 17.3. The first-order valence-electron chi connectivity index (χ1n) is 9.49. The molecule has 5 rings (SSSR count). The van der Waals surface area contributed by atoms with Crippen molar-refractivity contribution in [3.8, 4) is 28.2 Å². The second-order valence-electron chi connectivity index (χ2n) is 6.95. The third-order valence-corrected chi connectivity index (χ3v) is 5.02. The number of benzene rings is 4. The maximum atomic E-state index is 11.2. The topological polar surface area (TPSA) is 39.4 Å². The molecule has 4 aromatic carbocycles. The van der Waals surface area contributed by atoms with Gasteiger partial charge in [0.2, 0.25) is 0 Å². The number of fused-ring (bicyclic) bond motifs is 3. The fourth-order valence-corrected chi connectivity index (χ4v) is 3.79. The monoisotopic (exact) mass is 378 g/mol. The first-order chi connectivity index (χ1) is 14.2. The summed E-state index contributed by atoms with van der Waals surface area (Å²) >= 11 is 0. The van der Waals surface area contributed by atoms with Gasteiger partial charge in [-0.15, -0.1) is 0 Å². The summed E-state index contributed by atoms with van der Waals surface area (Å²) in [5.41, 5.74) is 3.92. The van der Waals surface area contributed by atoms with Gasteiger partial charge >= 0.3 is 5.97 Å². The highest BCUT2D eigenvalue weighted by molar-refractivity contribution is 6.16. The van der Waals surface area contributed by atoms with E-state index in [1.54, 1.807) is 0 Å². The average molecular weight is 378 g/mol. The minimum atomic E-state index is -0.331. The third kappa shape index (κ3) is 3.07. The van der Waals surface area contributed by atoms with Gasteiger partial charge in [0.15, 0.2) is 0 Å². The van der Waals surface area contributed by atoms with Gasteiger partial charge in [0, 0.05) is 23.4 Å². The van der Waals surface area contributed by atoms with E-state index >= 15 is 0 Å². The molecule has 0 aliphatic rings. The Labute approximate surface area is 168 Å². The van der Waals surface area contributed by atoms with Gasteiger partial charge in [-0.25, -0.2) is 0 Å². The molecule has 0 aliphatic heterocycles. The summed E-state index contributed by atoms with van der Waals surface area (Å²) < 4.78 is 11.6. The Morgan fingerprint density at radius 3 is 2.24 bits per heavy atom. The fraction of sp³-hybridized carbons (Fsp3) is 0.0385. The number of carbonyl (C=O) groups is 1. The summed E-state index contributed by atoms with van der Waals surface area (Å²) in [5.74, 6) is 1.03. The van der Waals surface area contributed by atoms with Crippen molar-refractivity contribution in [2.24, 2.45) is 0 Å². The van der Waals surface area contributed by atoms with Crippen LogP contribution in [-0.4, -0.2) is 5.97 Å². The highest BCUT2D eigenvalue weighted by Crippen LogP contribution is 2.44. The lowest BCUT2D eigenvalue weighted by atomic mass is 9.95. The smallest absolute Gasteiger partial charge is 0.308 e. The minimum Gasteiger partial charge on any atom is -0.455 e. The van der Waals surface area contributed by atoms with E-state index in [-0.39, 0.29) is 5.97 Å². The number of esters is 1. The maximum Gasteiger partial charge on any atom is 0.308 e. The van der Waals surface area contributed by atoms with Gasteiger partial charge < -0.3 is 9.15 Å². The molecule has 0 unspecified atom stereocenters. The van der Waals surface area contributed by atoms with E-state index in [9.17, 15) is 4.79 Å². The first-order valence-corrected chi connectivity index (χ1v) is 9.49. The van der Waals surface area contributed by atoms with Crippen LogP contribution in [0.25, 0.3) is 44.2 Å². The maximum absolute atomic E-state index is 11.2. The normalized spacial score (nSPS) is 11.1. The number of ether oxygens (including phenoxy) is 1. The molecule has 0 atom stereocenters. The van der Waals surface area contributed by atoms with E-state index in [1.807, 2.05) is 60.7 Å². The lowest BCUT2D eigenvalue weighted by Crippen LogP contribution is -2.00. The molecule has 1 aromatic heterocycles. The molecule has 0 N–H and O–H groups in total. The molecule has 0 spiro atoms. The molecule has 0 saturated carbocycles. The molecule has 0 bridgehead atoms. The van der Waals surface area contributed by atoms with Crippen molar-refractivity contribution in [3.05, 3.63) is 91.0 Å². The molecule has 0 fully saturated rings. The van der Waals surface area contributed by atoms with Crippen molar-refractivity contribution < 1.29 is 13.9 Å². The second kappa shape index (κ2) is 6.95. The Kier molecular flexibility index (Phi) is 4.14. The Balaban J connectivity index is 1.81. The van der Waals surface area contributed by atoms with E-state index in [0.29, 0.717) is 5.75 Å². The zero-order chi connectivity index (χ0) is 19.8. The fourth-order valence-electron chi connectivity index (χ4n) is 3.79. The Hall–Kier alpha value is -3.85. The van der Waals surface area contributed by atoms with Crippen molar-refractivity contribution in [1.82, 2.24) is 0 Å².